The molecule has 86 valence electrons. The van der Waals surface area contributed by atoms with Crippen molar-refractivity contribution in [3.63, 3.8) is 0 Å². The van der Waals surface area contributed by atoms with Gasteiger partial charge in [-0.2, -0.15) is 5.26 Å². The first-order valence-electron chi connectivity index (χ1n) is 5.19. The molecule has 0 aliphatic rings. The SMILES string of the molecule is Cc1occc1Sc1ccc(CN)cc1C#N. The summed E-state index contributed by atoms with van der Waals surface area (Å²) in [5.41, 5.74) is 7.17. The second kappa shape index (κ2) is 5.09. The molecule has 1 heterocycles. The Bertz CT molecular complexity index is 569. The first-order valence-corrected chi connectivity index (χ1v) is 6.01. The van der Waals surface area contributed by atoms with E-state index in [0.717, 1.165) is 21.1 Å². The molecule has 0 bridgehead atoms. The lowest BCUT2D eigenvalue weighted by atomic mass is 10.1. The molecule has 3 nitrogen and oxygen atoms in total. The van der Waals surface area contributed by atoms with Gasteiger partial charge in [-0.05, 0) is 30.7 Å². The molecule has 17 heavy (non-hydrogen) atoms. The first-order chi connectivity index (χ1) is 8.24. The number of hydrogen-bond acceptors (Lipinski definition) is 4. The van der Waals surface area contributed by atoms with Gasteiger partial charge in [0.1, 0.15) is 11.8 Å². The Morgan fingerprint density at radius 1 is 1.35 bits per heavy atom. The molecule has 0 radical (unpaired) electrons. The molecule has 0 saturated carbocycles. The Morgan fingerprint density at radius 3 is 2.76 bits per heavy atom. The minimum absolute atomic E-state index is 0.449. The van der Waals surface area contributed by atoms with Crippen molar-refractivity contribution in [2.45, 2.75) is 23.3 Å². The molecule has 0 aliphatic carbocycles. The maximum atomic E-state index is 9.11. The number of rotatable bonds is 3. The summed E-state index contributed by atoms with van der Waals surface area (Å²) >= 11 is 1.53. The van der Waals surface area contributed by atoms with Crippen molar-refractivity contribution in [2.75, 3.05) is 0 Å². The Labute approximate surface area is 104 Å². The highest BCUT2D eigenvalue weighted by molar-refractivity contribution is 7.99. The molecular weight excluding hydrogens is 232 g/mol. The zero-order valence-electron chi connectivity index (χ0n) is 9.43. The van der Waals surface area contributed by atoms with Crippen LogP contribution in [0.2, 0.25) is 0 Å². The van der Waals surface area contributed by atoms with E-state index < -0.39 is 0 Å². The molecule has 0 atom stereocenters. The highest BCUT2D eigenvalue weighted by Gasteiger charge is 2.08. The standard InChI is InChI=1S/C13H12N2OS/c1-9-12(4-5-16-9)17-13-3-2-10(7-14)6-11(13)8-15/h2-6H,7,14H2,1H3. The van der Waals surface area contributed by atoms with Gasteiger partial charge >= 0.3 is 0 Å². The van der Waals surface area contributed by atoms with Crippen molar-refractivity contribution in [1.82, 2.24) is 0 Å². The Balaban J connectivity index is 2.34. The van der Waals surface area contributed by atoms with Gasteiger partial charge in [-0.1, -0.05) is 17.8 Å². The average molecular weight is 244 g/mol. The van der Waals surface area contributed by atoms with E-state index >= 15 is 0 Å². The Morgan fingerprint density at radius 2 is 2.18 bits per heavy atom. The minimum Gasteiger partial charge on any atom is -0.468 e. The number of aryl methyl sites for hydroxylation is 1. The van der Waals surface area contributed by atoms with Crippen LogP contribution in [0.4, 0.5) is 0 Å². The van der Waals surface area contributed by atoms with Crippen molar-refractivity contribution in [3.8, 4) is 6.07 Å². The van der Waals surface area contributed by atoms with Crippen molar-refractivity contribution in [3.05, 3.63) is 47.4 Å². The van der Waals surface area contributed by atoms with E-state index in [0.29, 0.717) is 12.1 Å². The van der Waals surface area contributed by atoms with Gasteiger partial charge in [0.25, 0.3) is 0 Å². The minimum atomic E-state index is 0.449. The Hall–Kier alpha value is -1.70. The number of benzene rings is 1. The maximum absolute atomic E-state index is 9.11. The molecule has 1 aromatic carbocycles. The number of nitrogens with two attached hydrogens (primary N) is 1. The third-order valence-electron chi connectivity index (χ3n) is 2.43. The second-order valence-corrected chi connectivity index (χ2v) is 4.67. The monoisotopic (exact) mass is 244 g/mol. The van der Waals surface area contributed by atoms with Crippen molar-refractivity contribution < 1.29 is 4.42 Å². The summed E-state index contributed by atoms with van der Waals surface area (Å²) in [7, 11) is 0. The van der Waals surface area contributed by atoms with E-state index in [1.165, 1.54) is 11.8 Å². The summed E-state index contributed by atoms with van der Waals surface area (Å²) in [6, 6.07) is 9.80. The summed E-state index contributed by atoms with van der Waals surface area (Å²) < 4.78 is 5.23. The lowest BCUT2D eigenvalue weighted by Crippen LogP contribution is -1.96. The number of furan rings is 1. The highest BCUT2D eigenvalue weighted by atomic mass is 32.2. The van der Waals surface area contributed by atoms with E-state index in [2.05, 4.69) is 6.07 Å². The van der Waals surface area contributed by atoms with E-state index in [-0.39, 0.29) is 0 Å². The fraction of sp³-hybridized carbons (Fsp3) is 0.154. The topological polar surface area (TPSA) is 62.9 Å². The van der Waals surface area contributed by atoms with Crippen LogP contribution >= 0.6 is 11.8 Å². The van der Waals surface area contributed by atoms with Crippen LogP contribution in [0.1, 0.15) is 16.9 Å². The summed E-state index contributed by atoms with van der Waals surface area (Å²) in [4.78, 5) is 1.95. The smallest absolute Gasteiger partial charge is 0.114 e. The van der Waals surface area contributed by atoms with E-state index in [1.54, 1.807) is 6.26 Å². The van der Waals surface area contributed by atoms with Crippen molar-refractivity contribution >= 4 is 11.8 Å². The maximum Gasteiger partial charge on any atom is 0.114 e. The third kappa shape index (κ3) is 2.52. The molecular formula is C13H12N2OS. The zero-order valence-corrected chi connectivity index (χ0v) is 10.3. The molecule has 0 spiro atoms. The molecule has 4 heteroatoms. The van der Waals surface area contributed by atoms with Crippen LogP contribution in [0.5, 0.6) is 0 Å². The Kier molecular flexibility index (Phi) is 3.52. The predicted octanol–water partition coefficient (Wildman–Crippen LogP) is 3.07. The summed E-state index contributed by atoms with van der Waals surface area (Å²) in [6.45, 7) is 2.35. The van der Waals surface area contributed by atoms with Crippen LogP contribution in [0.25, 0.3) is 0 Å². The number of nitriles is 1. The van der Waals surface area contributed by atoms with Crippen LogP contribution in [0.15, 0.2) is 44.7 Å². The highest BCUT2D eigenvalue weighted by Crippen LogP contribution is 2.33. The van der Waals surface area contributed by atoms with Crippen LogP contribution in [-0.4, -0.2) is 0 Å². The van der Waals surface area contributed by atoms with Crippen LogP contribution in [0.3, 0.4) is 0 Å². The number of nitrogens with zero attached hydrogens (tertiary/aromatic N) is 1. The van der Waals surface area contributed by atoms with Gasteiger partial charge in [0.2, 0.25) is 0 Å². The van der Waals surface area contributed by atoms with Crippen molar-refractivity contribution in [1.29, 1.82) is 5.26 Å². The van der Waals surface area contributed by atoms with Crippen LogP contribution < -0.4 is 5.73 Å². The number of hydrogen-bond donors (Lipinski definition) is 1. The lowest BCUT2D eigenvalue weighted by molar-refractivity contribution is 0.527. The quantitative estimate of drug-likeness (QED) is 0.901. The van der Waals surface area contributed by atoms with Crippen LogP contribution in [-0.2, 0) is 6.54 Å². The molecule has 0 saturated heterocycles. The molecule has 0 fully saturated rings. The predicted molar refractivity (Wildman–Crippen MR) is 66.6 cm³/mol. The molecule has 2 rings (SSSR count). The summed E-state index contributed by atoms with van der Waals surface area (Å²) in [5.74, 6) is 0.863. The second-order valence-electron chi connectivity index (χ2n) is 3.59. The molecule has 2 aromatic rings. The van der Waals surface area contributed by atoms with E-state index in [9.17, 15) is 0 Å². The molecule has 1 aromatic heterocycles. The van der Waals surface area contributed by atoms with Gasteiger partial charge in [0.15, 0.2) is 0 Å². The molecule has 0 amide bonds. The molecule has 2 N–H and O–H groups in total. The first kappa shape index (κ1) is 11.8. The van der Waals surface area contributed by atoms with Gasteiger partial charge in [-0.15, -0.1) is 0 Å². The van der Waals surface area contributed by atoms with Gasteiger partial charge in [-0.3, -0.25) is 0 Å². The van der Waals surface area contributed by atoms with Gasteiger partial charge < -0.3 is 10.2 Å². The third-order valence-corrected chi connectivity index (χ3v) is 3.65. The largest absolute Gasteiger partial charge is 0.468 e. The van der Waals surface area contributed by atoms with Crippen LogP contribution in [0, 0.1) is 18.3 Å². The fourth-order valence-corrected chi connectivity index (χ4v) is 2.38. The van der Waals surface area contributed by atoms with Gasteiger partial charge in [0.05, 0.1) is 16.7 Å². The fourth-order valence-electron chi connectivity index (χ4n) is 1.48. The van der Waals surface area contributed by atoms with Gasteiger partial charge in [-0.25, -0.2) is 0 Å². The normalized spacial score (nSPS) is 10.2. The molecule has 0 unspecified atom stereocenters. The lowest BCUT2D eigenvalue weighted by Gasteiger charge is -2.04. The van der Waals surface area contributed by atoms with Crippen molar-refractivity contribution in [2.24, 2.45) is 5.73 Å². The summed E-state index contributed by atoms with van der Waals surface area (Å²) in [6.07, 6.45) is 1.65. The molecule has 0 aliphatic heterocycles. The van der Waals surface area contributed by atoms with Gasteiger partial charge in [0, 0.05) is 11.4 Å². The average Bonchev–Trinajstić information content (AvgIpc) is 2.75. The van der Waals surface area contributed by atoms with E-state index in [4.69, 9.17) is 15.4 Å². The summed E-state index contributed by atoms with van der Waals surface area (Å²) in [5, 5.41) is 9.11. The van der Waals surface area contributed by atoms with E-state index in [1.807, 2.05) is 31.2 Å². The zero-order chi connectivity index (χ0) is 12.3.